The van der Waals surface area contributed by atoms with E-state index in [4.69, 9.17) is 0 Å². The molecule has 1 atom stereocenters. The molecular formula is C11H21N3O2. The minimum Gasteiger partial charge on any atom is -0.347 e. The monoisotopic (exact) mass is 227 g/mol. The molecule has 2 amide bonds. The SMILES string of the molecule is CCN(CC(=O)N(C)C)C(=O)[C@H]1CCCN1. The van der Waals surface area contributed by atoms with Crippen LogP contribution in [0.15, 0.2) is 0 Å². The van der Waals surface area contributed by atoms with Crippen molar-refractivity contribution in [2.24, 2.45) is 0 Å². The van der Waals surface area contributed by atoms with Gasteiger partial charge in [0.2, 0.25) is 11.8 Å². The molecule has 0 aromatic heterocycles. The van der Waals surface area contributed by atoms with Crippen molar-refractivity contribution in [3.8, 4) is 0 Å². The Labute approximate surface area is 96.8 Å². The molecule has 16 heavy (non-hydrogen) atoms. The van der Waals surface area contributed by atoms with Crippen LogP contribution in [0.1, 0.15) is 19.8 Å². The van der Waals surface area contributed by atoms with Gasteiger partial charge in [0, 0.05) is 20.6 Å². The predicted octanol–water partition coefficient (Wildman–Crippen LogP) is -0.325. The van der Waals surface area contributed by atoms with Crippen molar-refractivity contribution in [3.63, 3.8) is 0 Å². The van der Waals surface area contributed by atoms with E-state index < -0.39 is 0 Å². The van der Waals surface area contributed by atoms with Crippen molar-refractivity contribution in [1.29, 1.82) is 0 Å². The van der Waals surface area contributed by atoms with Gasteiger partial charge in [-0.05, 0) is 26.3 Å². The summed E-state index contributed by atoms with van der Waals surface area (Å²) in [4.78, 5) is 26.7. The van der Waals surface area contributed by atoms with E-state index in [9.17, 15) is 9.59 Å². The van der Waals surface area contributed by atoms with Gasteiger partial charge in [0.15, 0.2) is 0 Å². The largest absolute Gasteiger partial charge is 0.347 e. The Bertz CT molecular complexity index is 260. The van der Waals surface area contributed by atoms with Crippen LogP contribution < -0.4 is 5.32 Å². The Kier molecular flexibility index (Phi) is 4.73. The normalized spacial score (nSPS) is 19.6. The number of carbonyl (C=O) groups excluding carboxylic acids is 2. The summed E-state index contributed by atoms with van der Waals surface area (Å²) in [7, 11) is 3.41. The first kappa shape index (κ1) is 13.0. The number of carbonyl (C=O) groups is 2. The molecule has 1 fully saturated rings. The van der Waals surface area contributed by atoms with E-state index in [2.05, 4.69) is 5.32 Å². The van der Waals surface area contributed by atoms with Crippen molar-refractivity contribution in [2.75, 3.05) is 33.7 Å². The van der Waals surface area contributed by atoms with Gasteiger partial charge in [-0.1, -0.05) is 0 Å². The third-order valence-corrected chi connectivity index (χ3v) is 2.88. The summed E-state index contributed by atoms with van der Waals surface area (Å²) < 4.78 is 0. The van der Waals surface area contributed by atoms with E-state index in [0.717, 1.165) is 19.4 Å². The molecule has 0 aromatic rings. The zero-order valence-corrected chi connectivity index (χ0v) is 10.3. The lowest BCUT2D eigenvalue weighted by Crippen LogP contribution is -2.47. The lowest BCUT2D eigenvalue weighted by molar-refractivity contribution is -0.140. The summed E-state index contributed by atoms with van der Waals surface area (Å²) >= 11 is 0. The van der Waals surface area contributed by atoms with Gasteiger partial charge >= 0.3 is 0 Å². The van der Waals surface area contributed by atoms with Crippen molar-refractivity contribution in [2.45, 2.75) is 25.8 Å². The molecule has 1 rings (SSSR count). The van der Waals surface area contributed by atoms with E-state index in [1.807, 2.05) is 6.92 Å². The number of hydrogen-bond acceptors (Lipinski definition) is 3. The smallest absolute Gasteiger partial charge is 0.241 e. The molecule has 92 valence electrons. The van der Waals surface area contributed by atoms with Gasteiger partial charge in [0.1, 0.15) is 0 Å². The highest BCUT2D eigenvalue weighted by atomic mass is 16.2. The Morgan fingerprint density at radius 3 is 2.50 bits per heavy atom. The van der Waals surface area contributed by atoms with E-state index in [1.165, 1.54) is 4.90 Å². The van der Waals surface area contributed by atoms with Gasteiger partial charge in [-0.25, -0.2) is 0 Å². The van der Waals surface area contributed by atoms with Crippen LogP contribution in [0.3, 0.4) is 0 Å². The molecule has 1 aliphatic rings. The summed E-state index contributed by atoms with van der Waals surface area (Å²) in [5.74, 6) is 0.0170. The number of rotatable bonds is 4. The fourth-order valence-electron chi connectivity index (χ4n) is 1.77. The lowest BCUT2D eigenvalue weighted by Gasteiger charge is -2.25. The maximum Gasteiger partial charge on any atom is 0.241 e. The van der Waals surface area contributed by atoms with Crippen LogP contribution in [0.25, 0.3) is 0 Å². The zero-order chi connectivity index (χ0) is 12.1. The molecule has 0 radical (unpaired) electrons. The lowest BCUT2D eigenvalue weighted by atomic mass is 10.2. The van der Waals surface area contributed by atoms with Crippen molar-refractivity contribution >= 4 is 11.8 Å². The molecule has 0 unspecified atom stereocenters. The van der Waals surface area contributed by atoms with Crippen LogP contribution in [0.2, 0.25) is 0 Å². The van der Waals surface area contributed by atoms with Crippen LogP contribution in [-0.4, -0.2) is 61.4 Å². The number of nitrogens with one attached hydrogen (secondary N) is 1. The van der Waals surface area contributed by atoms with E-state index in [-0.39, 0.29) is 24.4 Å². The third-order valence-electron chi connectivity index (χ3n) is 2.88. The molecule has 0 aliphatic carbocycles. The maximum atomic E-state index is 12.0. The summed E-state index contributed by atoms with van der Waals surface area (Å²) in [5, 5.41) is 3.16. The molecule has 5 heteroatoms. The summed E-state index contributed by atoms with van der Waals surface area (Å²) in [6.45, 7) is 3.56. The zero-order valence-electron chi connectivity index (χ0n) is 10.3. The second-order valence-corrected chi connectivity index (χ2v) is 4.29. The van der Waals surface area contributed by atoms with Crippen molar-refractivity contribution in [1.82, 2.24) is 15.1 Å². The second kappa shape index (κ2) is 5.84. The molecule has 0 saturated carbocycles. The molecule has 0 aromatic carbocycles. The van der Waals surface area contributed by atoms with E-state index >= 15 is 0 Å². The van der Waals surface area contributed by atoms with Crippen LogP contribution in [0, 0.1) is 0 Å². The molecule has 5 nitrogen and oxygen atoms in total. The molecular weight excluding hydrogens is 206 g/mol. The van der Waals surface area contributed by atoms with Crippen molar-refractivity contribution in [3.05, 3.63) is 0 Å². The molecule has 1 heterocycles. The first-order valence-corrected chi connectivity index (χ1v) is 5.78. The molecule has 0 spiro atoms. The number of likely N-dealkylation sites (N-methyl/N-ethyl adjacent to an activating group) is 2. The minimum atomic E-state index is -0.0880. The first-order valence-electron chi connectivity index (χ1n) is 5.78. The van der Waals surface area contributed by atoms with Crippen LogP contribution in [0.4, 0.5) is 0 Å². The summed E-state index contributed by atoms with van der Waals surface area (Å²) in [5.41, 5.74) is 0. The Morgan fingerprint density at radius 2 is 2.06 bits per heavy atom. The van der Waals surface area contributed by atoms with Gasteiger partial charge in [-0.2, -0.15) is 0 Å². The minimum absolute atomic E-state index is 0.0341. The summed E-state index contributed by atoms with van der Waals surface area (Å²) in [6.07, 6.45) is 1.92. The highest BCUT2D eigenvalue weighted by Gasteiger charge is 2.27. The van der Waals surface area contributed by atoms with E-state index in [0.29, 0.717) is 6.54 Å². The third kappa shape index (κ3) is 3.20. The number of nitrogens with zero attached hydrogens (tertiary/aromatic N) is 2. The average Bonchev–Trinajstić information content (AvgIpc) is 2.77. The van der Waals surface area contributed by atoms with Crippen molar-refractivity contribution < 1.29 is 9.59 Å². The Balaban J connectivity index is 2.52. The first-order chi connectivity index (χ1) is 7.56. The van der Waals surface area contributed by atoms with Gasteiger partial charge in [0.05, 0.1) is 12.6 Å². The predicted molar refractivity (Wildman–Crippen MR) is 62.0 cm³/mol. The quantitative estimate of drug-likeness (QED) is 0.716. The molecule has 1 aliphatic heterocycles. The van der Waals surface area contributed by atoms with Gasteiger partial charge in [-0.15, -0.1) is 0 Å². The Morgan fingerprint density at radius 1 is 1.38 bits per heavy atom. The molecule has 0 bridgehead atoms. The fraction of sp³-hybridized carbons (Fsp3) is 0.818. The Hall–Kier alpha value is -1.10. The summed E-state index contributed by atoms with van der Waals surface area (Å²) in [6, 6.07) is -0.0880. The van der Waals surface area contributed by atoms with Crippen LogP contribution >= 0.6 is 0 Å². The van der Waals surface area contributed by atoms with Gasteiger partial charge in [0.25, 0.3) is 0 Å². The maximum absolute atomic E-state index is 12.0. The fourth-order valence-corrected chi connectivity index (χ4v) is 1.77. The number of amides is 2. The number of hydrogen-bond donors (Lipinski definition) is 1. The van der Waals surface area contributed by atoms with Gasteiger partial charge in [-0.3, -0.25) is 9.59 Å². The van der Waals surface area contributed by atoms with Gasteiger partial charge < -0.3 is 15.1 Å². The highest BCUT2D eigenvalue weighted by Crippen LogP contribution is 2.08. The molecule has 1 saturated heterocycles. The second-order valence-electron chi connectivity index (χ2n) is 4.29. The standard InChI is InChI=1S/C11H21N3O2/c1-4-14(8-10(15)13(2)3)11(16)9-6-5-7-12-9/h9,12H,4-8H2,1-3H3/t9-/m1/s1. The topological polar surface area (TPSA) is 52.7 Å². The highest BCUT2D eigenvalue weighted by molar-refractivity contribution is 5.87. The molecule has 1 N–H and O–H groups in total. The van der Waals surface area contributed by atoms with Crippen LogP contribution in [0.5, 0.6) is 0 Å². The van der Waals surface area contributed by atoms with Crippen LogP contribution in [-0.2, 0) is 9.59 Å². The average molecular weight is 227 g/mol. The van der Waals surface area contributed by atoms with E-state index in [1.54, 1.807) is 19.0 Å².